The summed E-state index contributed by atoms with van der Waals surface area (Å²) in [5.74, 6) is 0.742. The SMILES string of the molecule is CC1(C)CCCC1Nc1ncc(Cl)cc1Cl. The largest absolute Gasteiger partial charge is 0.366 e. The number of aromatic nitrogens is 1. The van der Waals surface area contributed by atoms with E-state index in [9.17, 15) is 0 Å². The Bertz CT molecular complexity index is 391. The highest BCUT2D eigenvalue weighted by Gasteiger charge is 2.34. The maximum absolute atomic E-state index is 6.09. The van der Waals surface area contributed by atoms with Crippen LogP contribution in [-0.4, -0.2) is 11.0 Å². The molecule has 1 atom stereocenters. The average molecular weight is 259 g/mol. The van der Waals surface area contributed by atoms with Gasteiger partial charge in [0.05, 0.1) is 10.0 Å². The smallest absolute Gasteiger partial charge is 0.145 e. The molecule has 0 radical (unpaired) electrons. The summed E-state index contributed by atoms with van der Waals surface area (Å²) in [5.41, 5.74) is 0.310. The maximum atomic E-state index is 6.09. The normalized spacial score (nSPS) is 23.4. The molecule has 88 valence electrons. The lowest BCUT2D eigenvalue weighted by Gasteiger charge is -2.28. The van der Waals surface area contributed by atoms with Gasteiger partial charge in [-0.2, -0.15) is 0 Å². The van der Waals surface area contributed by atoms with Gasteiger partial charge in [0.25, 0.3) is 0 Å². The van der Waals surface area contributed by atoms with Crippen molar-refractivity contribution in [1.29, 1.82) is 0 Å². The summed E-state index contributed by atoms with van der Waals surface area (Å²) in [6.07, 6.45) is 5.30. The molecule has 1 heterocycles. The van der Waals surface area contributed by atoms with E-state index >= 15 is 0 Å². The Morgan fingerprint density at radius 2 is 2.19 bits per heavy atom. The molecule has 4 heteroatoms. The Morgan fingerprint density at radius 3 is 2.75 bits per heavy atom. The van der Waals surface area contributed by atoms with E-state index in [1.54, 1.807) is 12.3 Å². The van der Waals surface area contributed by atoms with Crippen LogP contribution in [0, 0.1) is 5.41 Å². The van der Waals surface area contributed by atoms with E-state index in [1.165, 1.54) is 19.3 Å². The quantitative estimate of drug-likeness (QED) is 0.852. The molecule has 1 fully saturated rings. The molecule has 0 amide bonds. The van der Waals surface area contributed by atoms with E-state index in [0.717, 1.165) is 5.82 Å². The fraction of sp³-hybridized carbons (Fsp3) is 0.583. The lowest BCUT2D eigenvalue weighted by atomic mass is 9.87. The van der Waals surface area contributed by atoms with Gasteiger partial charge in [0.15, 0.2) is 0 Å². The van der Waals surface area contributed by atoms with Crippen molar-refractivity contribution in [1.82, 2.24) is 4.98 Å². The van der Waals surface area contributed by atoms with Crippen molar-refractivity contribution in [3.8, 4) is 0 Å². The number of pyridine rings is 1. The number of hydrogen-bond donors (Lipinski definition) is 1. The van der Waals surface area contributed by atoms with Crippen LogP contribution in [-0.2, 0) is 0 Å². The Morgan fingerprint density at radius 1 is 1.44 bits per heavy atom. The highest BCUT2D eigenvalue weighted by atomic mass is 35.5. The van der Waals surface area contributed by atoms with Gasteiger partial charge in [0.1, 0.15) is 5.82 Å². The predicted molar refractivity (Wildman–Crippen MR) is 69.3 cm³/mol. The van der Waals surface area contributed by atoms with Gasteiger partial charge in [-0.3, -0.25) is 0 Å². The average Bonchev–Trinajstić information content (AvgIpc) is 2.50. The summed E-state index contributed by atoms with van der Waals surface area (Å²) in [6.45, 7) is 4.56. The van der Waals surface area contributed by atoms with Crippen LogP contribution < -0.4 is 5.32 Å². The summed E-state index contributed by atoms with van der Waals surface area (Å²) in [5, 5.41) is 4.59. The highest BCUT2D eigenvalue weighted by Crippen LogP contribution is 2.39. The molecule has 0 bridgehead atoms. The second-order valence-corrected chi connectivity index (χ2v) is 5.91. The van der Waals surface area contributed by atoms with Gasteiger partial charge in [-0.1, -0.05) is 43.5 Å². The third-order valence-electron chi connectivity index (χ3n) is 3.38. The molecule has 0 saturated heterocycles. The van der Waals surface area contributed by atoms with E-state index in [2.05, 4.69) is 24.1 Å². The van der Waals surface area contributed by atoms with Crippen molar-refractivity contribution in [2.75, 3.05) is 5.32 Å². The molecule has 1 saturated carbocycles. The number of anilines is 1. The second-order valence-electron chi connectivity index (χ2n) is 5.06. The predicted octanol–water partition coefficient (Wildman–Crippen LogP) is 4.38. The fourth-order valence-corrected chi connectivity index (χ4v) is 2.71. The molecule has 1 aromatic rings. The zero-order valence-electron chi connectivity index (χ0n) is 9.56. The first kappa shape index (κ1) is 12.0. The standard InChI is InChI=1S/C12H16Cl2N2/c1-12(2)5-3-4-10(12)16-11-9(14)6-8(13)7-15-11/h6-7,10H,3-5H2,1-2H3,(H,15,16). The monoisotopic (exact) mass is 258 g/mol. The lowest BCUT2D eigenvalue weighted by molar-refractivity contribution is 0.349. The number of nitrogens with zero attached hydrogens (tertiary/aromatic N) is 1. The Labute approximate surface area is 106 Å². The highest BCUT2D eigenvalue weighted by molar-refractivity contribution is 6.35. The summed E-state index contributed by atoms with van der Waals surface area (Å²) in [7, 11) is 0. The van der Waals surface area contributed by atoms with Crippen molar-refractivity contribution in [3.63, 3.8) is 0 Å². The summed E-state index contributed by atoms with van der Waals surface area (Å²) in [6, 6.07) is 2.17. The van der Waals surface area contributed by atoms with Crippen LogP contribution in [0.5, 0.6) is 0 Å². The van der Waals surface area contributed by atoms with Gasteiger partial charge in [-0.05, 0) is 24.3 Å². The van der Waals surface area contributed by atoms with Gasteiger partial charge in [-0.15, -0.1) is 0 Å². The molecule has 1 N–H and O–H groups in total. The van der Waals surface area contributed by atoms with E-state index in [-0.39, 0.29) is 0 Å². The van der Waals surface area contributed by atoms with Gasteiger partial charge >= 0.3 is 0 Å². The third kappa shape index (κ3) is 2.44. The van der Waals surface area contributed by atoms with Gasteiger partial charge < -0.3 is 5.32 Å². The van der Waals surface area contributed by atoms with Crippen molar-refractivity contribution in [3.05, 3.63) is 22.3 Å². The topological polar surface area (TPSA) is 24.9 Å². The van der Waals surface area contributed by atoms with Crippen LogP contribution in [0.1, 0.15) is 33.1 Å². The molecule has 0 spiro atoms. The van der Waals surface area contributed by atoms with E-state index < -0.39 is 0 Å². The molecular weight excluding hydrogens is 243 g/mol. The molecule has 1 aliphatic carbocycles. The molecule has 1 aromatic heterocycles. The van der Waals surface area contributed by atoms with E-state index in [0.29, 0.717) is 21.5 Å². The van der Waals surface area contributed by atoms with Crippen LogP contribution in [0.3, 0.4) is 0 Å². The van der Waals surface area contributed by atoms with Crippen molar-refractivity contribution in [2.45, 2.75) is 39.2 Å². The molecule has 2 rings (SSSR count). The molecule has 16 heavy (non-hydrogen) atoms. The molecule has 1 aliphatic rings. The number of halogens is 2. The minimum atomic E-state index is 0.310. The number of rotatable bonds is 2. The lowest BCUT2D eigenvalue weighted by Crippen LogP contribution is -2.31. The second kappa shape index (κ2) is 4.42. The zero-order valence-corrected chi connectivity index (χ0v) is 11.1. The Balaban J connectivity index is 2.15. The Hall–Kier alpha value is -0.470. The summed E-state index contributed by atoms with van der Waals surface area (Å²) in [4.78, 5) is 4.23. The number of hydrogen-bond acceptors (Lipinski definition) is 2. The molecule has 2 nitrogen and oxygen atoms in total. The van der Waals surface area contributed by atoms with Crippen LogP contribution in [0.4, 0.5) is 5.82 Å². The maximum Gasteiger partial charge on any atom is 0.145 e. The zero-order chi connectivity index (χ0) is 11.8. The minimum Gasteiger partial charge on any atom is -0.366 e. The van der Waals surface area contributed by atoms with Gasteiger partial charge in [-0.25, -0.2) is 4.98 Å². The van der Waals surface area contributed by atoms with Gasteiger partial charge in [0, 0.05) is 12.2 Å². The summed E-state index contributed by atoms with van der Waals surface area (Å²) >= 11 is 11.9. The molecular formula is C12H16Cl2N2. The number of nitrogens with one attached hydrogen (secondary N) is 1. The molecule has 1 unspecified atom stereocenters. The first-order valence-corrected chi connectivity index (χ1v) is 6.32. The van der Waals surface area contributed by atoms with Crippen molar-refractivity contribution >= 4 is 29.0 Å². The fourth-order valence-electron chi connectivity index (χ4n) is 2.28. The van der Waals surface area contributed by atoms with Crippen molar-refractivity contribution < 1.29 is 0 Å². The van der Waals surface area contributed by atoms with E-state index in [4.69, 9.17) is 23.2 Å². The van der Waals surface area contributed by atoms with Crippen LogP contribution in [0.2, 0.25) is 10.0 Å². The van der Waals surface area contributed by atoms with Crippen LogP contribution in [0.25, 0.3) is 0 Å². The molecule has 0 aliphatic heterocycles. The minimum absolute atomic E-state index is 0.310. The first-order chi connectivity index (χ1) is 7.49. The van der Waals surface area contributed by atoms with Crippen LogP contribution >= 0.6 is 23.2 Å². The van der Waals surface area contributed by atoms with Gasteiger partial charge in [0.2, 0.25) is 0 Å². The Kier molecular flexibility index (Phi) is 3.32. The molecule has 0 aromatic carbocycles. The summed E-state index contributed by atoms with van der Waals surface area (Å²) < 4.78 is 0. The third-order valence-corrected chi connectivity index (χ3v) is 3.87. The van der Waals surface area contributed by atoms with E-state index in [1.807, 2.05) is 0 Å². The van der Waals surface area contributed by atoms with Crippen LogP contribution in [0.15, 0.2) is 12.3 Å². The van der Waals surface area contributed by atoms with Crippen molar-refractivity contribution in [2.24, 2.45) is 5.41 Å². The first-order valence-electron chi connectivity index (χ1n) is 5.56.